The summed E-state index contributed by atoms with van der Waals surface area (Å²) in [6.45, 7) is 5.05. The summed E-state index contributed by atoms with van der Waals surface area (Å²) in [4.78, 5) is 26.4. The zero-order chi connectivity index (χ0) is 12.8. The van der Waals surface area contributed by atoms with Gasteiger partial charge in [-0.05, 0) is 12.8 Å². The maximum atomic E-state index is 12.0. The van der Waals surface area contributed by atoms with E-state index in [-0.39, 0.29) is 20.3 Å². The van der Waals surface area contributed by atoms with Crippen molar-refractivity contribution >= 4 is 20.3 Å². The maximum absolute atomic E-state index is 12.0. The Balaban J connectivity index is 2.65. The fourth-order valence-electron chi connectivity index (χ4n) is 1.67. The average Bonchev–Trinajstić information content (AvgIpc) is 2.28. The molecule has 1 saturated heterocycles. The molecule has 1 aliphatic heterocycles. The summed E-state index contributed by atoms with van der Waals surface area (Å²) in [5, 5.41) is 9.75. The number of carbonyl (C=O) groups is 2. The molecule has 6 heteroatoms. The Morgan fingerprint density at radius 1 is 1.18 bits per heavy atom. The Morgan fingerprint density at radius 3 is 2.35 bits per heavy atom. The van der Waals surface area contributed by atoms with E-state index in [4.69, 9.17) is 0 Å². The number of rotatable bonds is 6. The van der Waals surface area contributed by atoms with Crippen molar-refractivity contribution in [3.8, 4) is 0 Å². The Labute approximate surface area is 104 Å². The summed E-state index contributed by atoms with van der Waals surface area (Å²) in [7, 11) is -0.234. The van der Waals surface area contributed by atoms with Gasteiger partial charge in [0.1, 0.15) is 0 Å². The molecule has 1 aliphatic rings. The molecule has 0 aromatic carbocycles. The van der Waals surface area contributed by atoms with Gasteiger partial charge in [-0.15, -0.1) is 0 Å². The van der Waals surface area contributed by atoms with Crippen LogP contribution in [0.4, 0.5) is 9.59 Å². The number of nitrogens with zero attached hydrogens (tertiary/aromatic N) is 2. The van der Waals surface area contributed by atoms with Gasteiger partial charge in [0.2, 0.25) is 0 Å². The van der Waals surface area contributed by atoms with Gasteiger partial charge in [-0.25, -0.2) is 4.79 Å². The Bertz CT molecular complexity index is 286. The first-order valence-electron chi connectivity index (χ1n) is 6.18. The third-order valence-electron chi connectivity index (χ3n) is 2.76. The van der Waals surface area contributed by atoms with Crippen molar-refractivity contribution in [3.63, 3.8) is 0 Å². The van der Waals surface area contributed by atoms with Crippen molar-refractivity contribution in [2.45, 2.75) is 45.5 Å². The van der Waals surface area contributed by atoms with Crippen LogP contribution in [0, 0.1) is 0 Å². The zero-order valence-electron chi connectivity index (χ0n) is 10.5. The Morgan fingerprint density at radius 2 is 1.76 bits per heavy atom. The molecule has 0 radical (unpaired) electrons. The van der Waals surface area contributed by atoms with E-state index in [2.05, 4.69) is 0 Å². The lowest BCUT2D eigenvalue weighted by atomic mass is 10.3. The SMILES string of the molecule is CCCCN1C(=O)PC(O)N(CCCC)C1=O. The highest BCUT2D eigenvalue weighted by Crippen LogP contribution is 2.31. The largest absolute Gasteiger partial charge is 0.369 e. The number of amides is 3. The molecule has 1 heterocycles. The van der Waals surface area contributed by atoms with Gasteiger partial charge in [-0.3, -0.25) is 14.6 Å². The van der Waals surface area contributed by atoms with E-state index < -0.39 is 5.97 Å². The number of aliphatic hydroxyl groups is 1. The lowest BCUT2D eigenvalue weighted by Gasteiger charge is -2.37. The number of urea groups is 1. The average molecular weight is 260 g/mol. The van der Waals surface area contributed by atoms with Crippen molar-refractivity contribution in [1.82, 2.24) is 9.80 Å². The maximum Gasteiger partial charge on any atom is 0.329 e. The number of unbranched alkanes of at least 4 members (excludes halogenated alkanes) is 2. The molecule has 1 N–H and O–H groups in total. The first-order chi connectivity index (χ1) is 8.11. The standard InChI is InChI=1S/C11H21N2O3P/c1-3-5-7-12-9(14)13(8-6-4-2)11(16)17-10(12)15/h10,15,17H,3-8H2,1-2H3. The summed E-state index contributed by atoms with van der Waals surface area (Å²) >= 11 is 0. The van der Waals surface area contributed by atoms with Crippen LogP contribution in [0.1, 0.15) is 39.5 Å². The minimum atomic E-state index is -0.917. The molecule has 5 nitrogen and oxygen atoms in total. The van der Waals surface area contributed by atoms with Crippen LogP contribution >= 0.6 is 8.58 Å². The van der Waals surface area contributed by atoms with Gasteiger partial charge in [-0.2, -0.15) is 0 Å². The van der Waals surface area contributed by atoms with E-state index in [1.54, 1.807) is 0 Å². The molecule has 1 fully saturated rings. The second kappa shape index (κ2) is 6.92. The Hall–Kier alpha value is -0.670. The highest BCUT2D eigenvalue weighted by Gasteiger charge is 2.36. The molecule has 0 aromatic heterocycles. The third-order valence-corrected chi connectivity index (χ3v) is 3.84. The van der Waals surface area contributed by atoms with Gasteiger partial charge in [0, 0.05) is 21.7 Å². The van der Waals surface area contributed by atoms with Crippen LogP contribution in [0.15, 0.2) is 0 Å². The fraction of sp³-hybridized carbons (Fsp3) is 0.818. The van der Waals surface area contributed by atoms with Gasteiger partial charge < -0.3 is 5.11 Å². The molecule has 98 valence electrons. The summed E-state index contributed by atoms with van der Waals surface area (Å²) < 4.78 is 0. The van der Waals surface area contributed by atoms with E-state index in [1.807, 2.05) is 13.8 Å². The van der Waals surface area contributed by atoms with E-state index >= 15 is 0 Å². The van der Waals surface area contributed by atoms with Crippen LogP contribution in [-0.2, 0) is 0 Å². The lowest BCUT2D eigenvalue weighted by molar-refractivity contribution is 0.0724. The molecule has 2 unspecified atom stereocenters. The van der Waals surface area contributed by atoms with E-state index in [9.17, 15) is 14.7 Å². The quantitative estimate of drug-likeness (QED) is 0.746. The molecule has 0 saturated carbocycles. The number of imide groups is 1. The van der Waals surface area contributed by atoms with Crippen molar-refractivity contribution in [2.75, 3.05) is 13.1 Å². The Kier molecular flexibility index (Phi) is 5.86. The molecular formula is C11H21N2O3P. The van der Waals surface area contributed by atoms with Gasteiger partial charge in [0.25, 0.3) is 5.65 Å². The van der Waals surface area contributed by atoms with Gasteiger partial charge in [0.05, 0.1) is 0 Å². The number of hydrogen-bond donors (Lipinski definition) is 1. The molecule has 17 heavy (non-hydrogen) atoms. The predicted molar refractivity (Wildman–Crippen MR) is 68.3 cm³/mol. The summed E-state index contributed by atoms with van der Waals surface area (Å²) in [5.74, 6) is -0.917. The van der Waals surface area contributed by atoms with E-state index in [0.29, 0.717) is 13.1 Å². The first kappa shape index (κ1) is 14.4. The van der Waals surface area contributed by atoms with Crippen LogP contribution < -0.4 is 0 Å². The van der Waals surface area contributed by atoms with Crippen LogP contribution in [0.5, 0.6) is 0 Å². The van der Waals surface area contributed by atoms with Crippen molar-refractivity contribution in [2.24, 2.45) is 0 Å². The second-order valence-electron chi connectivity index (χ2n) is 4.16. The van der Waals surface area contributed by atoms with Gasteiger partial charge >= 0.3 is 6.03 Å². The molecule has 3 amide bonds. The van der Waals surface area contributed by atoms with Crippen LogP contribution in [0.3, 0.4) is 0 Å². The smallest absolute Gasteiger partial charge is 0.329 e. The molecular weight excluding hydrogens is 239 g/mol. The second-order valence-corrected chi connectivity index (χ2v) is 5.39. The number of carbonyl (C=O) groups excluding carboxylic acids is 2. The normalized spacial score (nSPS) is 22.6. The highest BCUT2D eigenvalue weighted by atomic mass is 31.1. The highest BCUT2D eigenvalue weighted by molar-refractivity contribution is 7.58. The van der Waals surface area contributed by atoms with Gasteiger partial charge in [-0.1, -0.05) is 26.7 Å². The van der Waals surface area contributed by atoms with Crippen LogP contribution in [-0.4, -0.2) is 45.6 Å². The first-order valence-corrected chi connectivity index (χ1v) is 7.26. The van der Waals surface area contributed by atoms with Crippen molar-refractivity contribution < 1.29 is 14.7 Å². The minimum Gasteiger partial charge on any atom is -0.369 e. The van der Waals surface area contributed by atoms with E-state index in [0.717, 1.165) is 25.7 Å². The molecule has 1 rings (SSSR count). The topological polar surface area (TPSA) is 60.9 Å². The summed E-state index contributed by atoms with van der Waals surface area (Å²) in [6, 6.07) is -0.330. The van der Waals surface area contributed by atoms with E-state index in [1.165, 1.54) is 9.80 Å². The third kappa shape index (κ3) is 3.65. The predicted octanol–water partition coefficient (Wildman–Crippen LogP) is 2.40. The summed E-state index contributed by atoms with van der Waals surface area (Å²) in [6.07, 6.45) is 3.57. The fourth-order valence-corrected chi connectivity index (χ4v) is 2.65. The summed E-state index contributed by atoms with van der Waals surface area (Å²) in [5.41, 5.74) is -0.233. The van der Waals surface area contributed by atoms with Crippen molar-refractivity contribution in [3.05, 3.63) is 0 Å². The molecule has 0 aromatic rings. The number of aliphatic hydroxyl groups excluding tert-OH is 1. The molecule has 0 spiro atoms. The minimum absolute atomic E-state index is 0.233. The monoisotopic (exact) mass is 260 g/mol. The van der Waals surface area contributed by atoms with Crippen LogP contribution in [0.25, 0.3) is 0 Å². The molecule has 0 bridgehead atoms. The molecule has 2 atom stereocenters. The number of hydrogen-bond acceptors (Lipinski definition) is 3. The molecule has 0 aliphatic carbocycles. The van der Waals surface area contributed by atoms with Gasteiger partial charge in [0.15, 0.2) is 5.97 Å². The van der Waals surface area contributed by atoms with Crippen molar-refractivity contribution in [1.29, 1.82) is 0 Å². The zero-order valence-corrected chi connectivity index (χ0v) is 11.5. The lowest BCUT2D eigenvalue weighted by Crippen LogP contribution is -2.53. The van der Waals surface area contributed by atoms with Crippen LogP contribution in [0.2, 0.25) is 0 Å².